The highest BCUT2D eigenvalue weighted by Gasteiger charge is 2.14. The number of morpholine rings is 1. The highest BCUT2D eigenvalue weighted by Crippen LogP contribution is 2.21. The second-order valence-corrected chi connectivity index (χ2v) is 5.75. The number of amides is 2. The van der Waals surface area contributed by atoms with Crippen molar-refractivity contribution in [2.45, 2.75) is 13.1 Å². The summed E-state index contributed by atoms with van der Waals surface area (Å²) in [5, 5.41) is 5.83. The molecule has 2 aromatic carbocycles. The Hall–Kier alpha value is -2.53. The van der Waals surface area contributed by atoms with Crippen LogP contribution in [-0.4, -0.2) is 32.3 Å². The van der Waals surface area contributed by atoms with Gasteiger partial charge in [-0.2, -0.15) is 0 Å². The summed E-state index contributed by atoms with van der Waals surface area (Å²) in [5.74, 6) is 0. The first-order chi connectivity index (χ1) is 11.8. The lowest BCUT2D eigenvalue weighted by molar-refractivity contribution is 0.122. The van der Waals surface area contributed by atoms with E-state index < -0.39 is 0 Å². The Morgan fingerprint density at radius 2 is 1.58 bits per heavy atom. The molecule has 0 aromatic heterocycles. The number of hydrogen-bond donors (Lipinski definition) is 2. The van der Waals surface area contributed by atoms with Gasteiger partial charge in [-0.25, -0.2) is 4.79 Å². The summed E-state index contributed by atoms with van der Waals surface area (Å²) in [5.41, 5.74) is 3.37. The molecular weight excluding hydrogens is 302 g/mol. The minimum atomic E-state index is -0.157. The van der Waals surface area contributed by atoms with Gasteiger partial charge in [0.05, 0.1) is 13.2 Å². The largest absolute Gasteiger partial charge is 0.378 e. The van der Waals surface area contributed by atoms with Gasteiger partial charge in [-0.3, -0.25) is 0 Å². The van der Waals surface area contributed by atoms with Gasteiger partial charge in [0.15, 0.2) is 0 Å². The van der Waals surface area contributed by atoms with Gasteiger partial charge in [0, 0.05) is 31.9 Å². The highest BCUT2D eigenvalue weighted by molar-refractivity contribution is 5.74. The lowest BCUT2D eigenvalue weighted by Crippen LogP contribution is -2.38. The molecule has 2 amide bonds. The molecule has 5 nitrogen and oxygen atoms in total. The number of benzene rings is 2. The second kappa shape index (κ2) is 8.36. The van der Waals surface area contributed by atoms with Crippen LogP contribution in [0.15, 0.2) is 54.6 Å². The summed E-state index contributed by atoms with van der Waals surface area (Å²) in [4.78, 5) is 14.3. The molecule has 1 heterocycles. The van der Waals surface area contributed by atoms with E-state index in [1.807, 2.05) is 42.5 Å². The van der Waals surface area contributed by atoms with Crippen LogP contribution in [0.4, 0.5) is 10.5 Å². The van der Waals surface area contributed by atoms with Crippen molar-refractivity contribution in [2.75, 3.05) is 31.2 Å². The number of nitrogens with one attached hydrogen (secondary N) is 2. The zero-order valence-electron chi connectivity index (χ0n) is 13.7. The summed E-state index contributed by atoms with van der Waals surface area (Å²) in [6, 6.07) is 17.9. The van der Waals surface area contributed by atoms with Crippen molar-refractivity contribution in [3.63, 3.8) is 0 Å². The van der Waals surface area contributed by atoms with E-state index in [2.05, 4.69) is 27.7 Å². The minimum absolute atomic E-state index is 0.157. The number of hydrogen-bond acceptors (Lipinski definition) is 3. The Labute approximate surface area is 142 Å². The average molecular weight is 325 g/mol. The number of anilines is 1. The van der Waals surface area contributed by atoms with Crippen LogP contribution in [0, 0.1) is 0 Å². The lowest BCUT2D eigenvalue weighted by atomic mass is 10.1. The molecule has 0 aliphatic carbocycles. The second-order valence-electron chi connectivity index (χ2n) is 5.75. The van der Waals surface area contributed by atoms with Crippen LogP contribution in [0.5, 0.6) is 0 Å². The predicted molar refractivity (Wildman–Crippen MR) is 95.0 cm³/mol. The summed E-state index contributed by atoms with van der Waals surface area (Å²) >= 11 is 0. The molecule has 0 spiro atoms. The number of urea groups is 1. The van der Waals surface area contributed by atoms with Crippen LogP contribution in [0.1, 0.15) is 11.1 Å². The Morgan fingerprint density at radius 3 is 2.38 bits per heavy atom. The van der Waals surface area contributed by atoms with Crippen LogP contribution < -0.4 is 15.5 Å². The number of nitrogens with zero attached hydrogens (tertiary/aromatic N) is 1. The van der Waals surface area contributed by atoms with Crippen molar-refractivity contribution < 1.29 is 9.53 Å². The van der Waals surface area contributed by atoms with E-state index in [9.17, 15) is 4.79 Å². The molecule has 1 aliphatic heterocycles. The third-order valence-corrected chi connectivity index (χ3v) is 4.08. The van der Waals surface area contributed by atoms with Gasteiger partial charge in [-0.15, -0.1) is 0 Å². The van der Waals surface area contributed by atoms with E-state index in [0.29, 0.717) is 13.1 Å². The molecule has 24 heavy (non-hydrogen) atoms. The van der Waals surface area contributed by atoms with Gasteiger partial charge in [-0.1, -0.05) is 48.5 Å². The monoisotopic (exact) mass is 325 g/mol. The zero-order valence-corrected chi connectivity index (χ0v) is 13.7. The van der Waals surface area contributed by atoms with Crippen LogP contribution in [0.3, 0.4) is 0 Å². The fraction of sp³-hybridized carbons (Fsp3) is 0.316. The van der Waals surface area contributed by atoms with Crippen molar-refractivity contribution in [1.29, 1.82) is 0 Å². The lowest BCUT2D eigenvalue weighted by Gasteiger charge is -2.30. The molecule has 1 saturated heterocycles. The fourth-order valence-electron chi connectivity index (χ4n) is 2.79. The molecule has 1 fully saturated rings. The summed E-state index contributed by atoms with van der Waals surface area (Å²) in [7, 11) is 0. The van der Waals surface area contributed by atoms with Crippen molar-refractivity contribution in [3.8, 4) is 0 Å². The first-order valence-electron chi connectivity index (χ1n) is 8.29. The fourth-order valence-corrected chi connectivity index (χ4v) is 2.79. The Bertz CT molecular complexity index is 655. The van der Waals surface area contributed by atoms with E-state index in [1.54, 1.807) is 0 Å². The van der Waals surface area contributed by atoms with E-state index in [-0.39, 0.29) is 6.03 Å². The van der Waals surface area contributed by atoms with Crippen molar-refractivity contribution >= 4 is 11.7 Å². The van der Waals surface area contributed by atoms with Gasteiger partial charge in [0.25, 0.3) is 0 Å². The first-order valence-corrected chi connectivity index (χ1v) is 8.29. The van der Waals surface area contributed by atoms with E-state index in [0.717, 1.165) is 37.4 Å². The standard InChI is InChI=1S/C19H23N3O2/c23-19(20-14-16-6-2-1-3-7-16)21-15-17-8-4-5-9-18(17)22-10-12-24-13-11-22/h1-9H,10-15H2,(H2,20,21,23). The van der Waals surface area contributed by atoms with Crippen LogP contribution >= 0.6 is 0 Å². The van der Waals surface area contributed by atoms with E-state index >= 15 is 0 Å². The Morgan fingerprint density at radius 1 is 0.917 bits per heavy atom. The molecule has 0 atom stereocenters. The van der Waals surface area contributed by atoms with Gasteiger partial charge in [-0.05, 0) is 17.2 Å². The molecular formula is C19H23N3O2. The maximum absolute atomic E-state index is 12.0. The Kier molecular flexibility index (Phi) is 5.69. The predicted octanol–water partition coefficient (Wildman–Crippen LogP) is 2.52. The molecule has 0 saturated carbocycles. The van der Waals surface area contributed by atoms with Gasteiger partial charge >= 0.3 is 6.03 Å². The minimum Gasteiger partial charge on any atom is -0.378 e. The van der Waals surface area contributed by atoms with Gasteiger partial charge < -0.3 is 20.3 Å². The van der Waals surface area contributed by atoms with Crippen LogP contribution in [-0.2, 0) is 17.8 Å². The van der Waals surface area contributed by atoms with Gasteiger partial charge in [0.1, 0.15) is 0 Å². The number of carbonyl (C=O) groups excluding carboxylic acids is 1. The first kappa shape index (κ1) is 16.3. The maximum atomic E-state index is 12.0. The molecule has 5 heteroatoms. The molecule has 0 radical (unpaired) electrons. The molecule has 0 bridgehead atoms. The summed E-state index contributed by atoms with van der Waals surface area (Å²) in [6.45, 7) is 4.30. The molecule has 3 rings (SSSR count). The third kappa shape index (κ3) is 4.49. The molecule has 2 aromatic rings. The molecule has 0 unspecified atom stereocenters. The molecule has 1 aliphatic rings. The average Bonchev–Trinajstić information content (AvgIpc) is 2.66. The van der Waals surface area contributed by atoms with Gasteiger partial charge in [0.2, 0.25) is 0 Å². The molecule has 126 valence electrons. The molecule has 2 N–H and O–H groups in total. The number of rotatable bonds is 5. The number of para-hydroxylation sites is 1. The van der Waals surface area contributed by atoms with Crippen molar-refractivity contribution in [1.82, 2.24) is 10.6 Å². The third-order valence-electron chi connectivity index (χ3n) is 4.08. The summed E-state index contributed by atoms with van der Waals surface area (Å²) < 4.78 is 5.41. The van der Waals surface area contributed by atoms with E-state index in [1.165, 1.54) is 5.69 Å². The maximum Gasteiger partial charge on any atom is 0.315 e. The van der Waals surface area contributed by atoms with Crippen molar-refractivity contribution in [3.05, 3.63) is 65.7 Å². The summed E-state index contributed by atoms with van der Waals surface area (Å²) in [6.07, 6.45) is 0. The van der Waals surface area contributed by atoms with Crippen LogP contribution in [0.25, 0.3) is 0 Å². The normalized spacial score (nSPS) is 14.2. The number of ether oxygens (including phenoxy) is 1. The van der Waals surface area contributed by atoms with Crippen LogP contribution in [0.2, 0.25) is 0 Å². The highest BCUT2D eigenvalue weighted by atomic mass is 16.5. The Balaban J connectivity index is 1.53. The SMILES string of the molecule is O=C(NCc1ccccc1)NCc1ccccc1N1CCOCC1. The zero-order chi connectivity index (χ0) is 16.6. The van der Waals surface area contributed by atoms with Crippen molar-refractivity contribution in [2.24, 2.45) is 0 Å². The van der Waals surface area contributed by atoms with E-state index in [4.69, 9.17) is 4.74 Å². The smallest absolute Gasteiger partial charge is 0.315 e. The number of carbonyl (C=O) groups is 1. The topological polar surface area (TPSA) is 53.6 Å². The quantitative estimate of drug-likeness (QED) is 0.888.